The van der Waals surface area contributed by atoms with Crippen molar-refractivity contribution >= 4 is 95.4 Å². The number of non-ortho nitro benzene ring substituents is 2. The van der Waals surface area contributed by atoms with Crippen LogP contribution >= 0.6 is 48.8 Å². The average Bonchev–Trinajstić information content (AvgIpc) is 3.02. The number of nitrogens with zero attached hydrogens (tertiary/aromatic N) is 4. The first-order chi connectivity index (χ1) is 21.7. The molecule has 20 nitrogen and oxygen atoms in total. The standard InChI is InChI=1S/C17H12N4O12S2.C5H8O4S2/c22-16(7-34-14-3-1-10(18(24)25)5-12(14)20(28)29)32-9-33-17(23)8-35-15-4-2-11(19(26)27)6-13(15)21(30)31;6-4(1-10)8-3-9-5(7)2-11/h1-6H,7-9H2;10-11H,1-3H2. The van der Waals surface area contributed by atoms with E-state index in [-0.39, 0.29) is 28.1 Å². The Morgan fingerprint density at radius 1 is 0.565 bits per heavy atom. The summed E-state index contributed by atoms with van der Waals surface area (Å²) < 4.78 is 18.1. The minimum absolute atomic E-state index is 0.0179. The van der Waals surface area contributed by atoms with Gasteiger partial charge in [-0.2, -0.15) is 25.3 Å². The Bertz CT molecular complexity index is 1380. The van der Waals surface area contributed by atoms with Gasteiger partial charge in [-0.1, -0.05) is 0 Å². The molecule has 0 fully saturated rings. The predicted molar refractivity (Wildman–Crippen MR) is 163 cm³/mol. The number of esters is 4. The molecule has 0 radical (unpaired) electrons. The maximum Gasteiger partial charge on any atom is 0.319 e. The molecule has 0 aliphatic rings. The van der Waals surface area contributed by atoms with E-state index in [0.717, 1.165) is 36.4 Å². The van der Waals surface area contributed by atoms with Crippen molar-refractivity contribution in [3.05, 3.63) is 76.9 Å². The summed E-state index contributed by atoms with van der Waals surface area (Å²) in [5.74, 6) is -3.79. The van der Waals surface area contributed by atoms with E-state index in [1.807, 2.05) is 0 Å². The smallest absolute Gasteiger partial charge is 0.319 e. The van der Waals surface area contributed by atoms with Crippen LogP contribution in [0.1, 0.15) is 0 Å². The summed E-state index contributed by atoms with van der Waals surface area (Å²) in [4.78, 5) is 84.7. The number of rotatable bonds is 16. The molecule has 2 aromatic rings. The van der Waals surface area contributed by atoms with Crippen molar-refractivity contribution < 1.29 is 57.8 Å². The van der Waals surface area contributed by atoms with Gasteiger partial charge in [0, 0.05) is 12.1 Å². The van der Waals surface area contributed by atoms with Gasteiger partial charge in [0.1, 0.15) is 0 Å². The van der Waals surface area contributed by atoms with E-state index in [4.69, 9.17) is 0 Å². The maximum atomic E-state index is 11.8. The number of hydrogen-bond acceptors (Lipinski definition) is 20. The molecule has 0 aliphatic carbocycles. The predicted octanol–water partition coefficient (Wildman–Crippen LogP) is 3.14. The Morgan fingerprint density at radius 2 is 0.891 bits per heavy atom. The zero-order valence-electron chi connectivity index (χ0n) is 22.7. The molecule has 0 heterocycles. The van der Waals surface area contributed by atoms with E-state index in [1.165, 1.54) is 0 Å². The van der Waals surface area contributed by atoms with Gasteiger partial charge < -0.3 is 18.9 Å². The molecule has 0 spiro atoms. The first kappa shape index (κ1) is 39.3. The molecule has 0 aromatic heterocycles. The third-order valence-corrected chi connectivity index (χ3v) is 7.12. The summed E-state index contributed by atoms with van der Waals surface area (Å²) in [6.07, 6.45) is 0. The second-order valence-electron chi connectivity index (χ2n) is 7.53. The molecule has 0 unspecified atom stereocenters. The Kier molecular flexibility index (Phi) is 17.4. The lowest BCUT2D eigenvalue weighted by molar-refractivity contribution is -0.396. The second kappa shape index (κ2) is 20.4. The zero-order valence-corrected chi connectivity index (χ0v) is 26.2. The highest BCUT2D eigenvalue weighted by molar-refractivity contribution is 8.00. The van der Waals surface area contributed by atoms with Crippen LogP contribution in [0.3, 0.4) is 0 Å². The van der Waals surface area contributed by atoms with Crippen LogP contribution in [-0.2, 0) is 38.1 Å². The lowest BCUT2D eigenvalue weighted by atomic mass is 10.3. The Labute approximate surface area is 275 Å². The second-order valence-corrected chi connectivity index (χ2v) is 10.2. The van der Waals surface area contributed by atoms with E-state index < -0.39 is 84.6 Å². The van der Waals surface area contributed by atoms with Crippen LogP contribution in [0.2, 0.25) is 0 Å². The van der Waals surface area contributed by atoms with Crippen LogP contribution in [-0.4, -0.2) is 80.2 Å². The lowest BCUT2D eigenvalue weighted by Crippen LogP contribution is -2.15. The minimum atomic E-state index is -0.908. The van der Waals surface area contributed by atoms with Crippen LogP contribution in [0.5, 0.6) is 0 Å². The summed E-state index contributed by atoms with van der Waals surface area (Å²) >= 11 is 8.63. The number of nitro groups is 4. The van der Waals surface area contributed by atoms with Crippen molar-refractivity contribution in [2.45, 2.75) is 9.79 Å². The van der Waals surface area contributed by atoms with Crippen LogP contribution in [0.4, 0.5) is 22.7 Å². The number of thioether (sulfide) groups is 2. The quantitative estimate of drug-likeness (QED) is 0.0628. The highest BCUT2D eigenvalue weighted by Gasteiger charge is 2.22. The van der Waals surface area contributed by atoms with Gasteiger partial charge in [-0.15, -0.1) is 23.5 Å². The topological polar surface area (TPSA) is 278 Å². The van der Waals surface area contributed by atoms with Crippen LogP contribution in [0.25, 0.3) is 0 Å². The third kappa shape index (κ3) is 14.4. The molecule has 24 heteroatoms. The van der Waals surface area contributed by atoms with Gasteiger partial charge in [-0.3, -0.25) is 59.6 Å². The lowest BCUT2D eigenvalue weighted by Gasteiger charge is -2.07. The van der Waals surface area contributed by atoms with Crippen molar-refractivity contribution in [3.8, 4) is 0 Å². The average molecular weight is 725 g/mol. The van der Waals surface area contributed by atoms with E-state index in [1.54, 1.807) is 0 Å². The number of benzene rings is 2. The molecular formula is C22H20N4O16S4. The molecule has 0 saturated carbocycles. The maximum absolute atomic E-state index is 11.8. The van der Waals surface area contributed by atoms with Gasteiger partial charge >= 0.3 is 23.9 Å². The summed E-state index contributed by atoms with van der Waals surface area (Å²) in [5, 5.41) is 43.7. The summed E-state index contributed by atoms with van der Waals surface area (Å²) in [6.45, 7) is -1.16. The molecule has 0 saturated heterocycles. The van der Waals surface area contributed by atoms with Gasteiger partial charge in [0.2, 0.25) is 13.6 Å². The van der Waals surface area contributed by atoms with Crippen molar-refractivity contribution in [2.75, 3.05) is 36.6 Å². The molecule has 0 N–H and O–H groups in total. The number of hydrogen-bond donors (Lipinski definition) is 2. The third-order valence-electron chi connectivity index (χ3n) is 4.53. The van der Waals surface area contributed by atoms with Crippen molar-refractivity contribution in [1.82, 2.24) is 0 Å². The molecule has 2 rings (SSSR count). The van der Waals surface area contributed by atoms with E-state index in [9.17, 15) is 59.6 Å². The molecule has 0 aliphatic heterocycles. The highest BCUT2D eigenvalue weighted by atomic mass is 32.2. The number of carbonyl (C=O) groups excluding carboxylic acids is 4. The summed E-state index contributed by atoms with van der Waals surface area (Å²) in [5.41, 5.74) is -2.12. The fraction of sp³-hybridized carbons (Fsp3) is 0.273. The fourth-order valence-electron chi connectivity index (χ4n) is 2.54. The molecule has 0 amide bonds. The minimum Gasteiger partial charge on any atom is -0.427 e. The van der Waals surface area contributed by atoms with Crippen molar-refractivity contribution in [1.29, 1.82) is 0 Å². The molecule has 0 atom stereocenters. The molecule has 46 heavy (non-hydrogen) atoms. The highest BCUT2D eigenvalue weighted by Crippen LogP contribution is 2.33. The molecule has 2 aromatic carbocycles. The first-order valence-corrected chi connectivity index (χ1v) is 14.9. The Morgan fingerprint density at radius 3 is 1.17 bits per heavy atom. The monoisotopic (exact) mass is 724 g/mol. The van der Waals surface area contributed by atoms with E-state index >= 15 is 0 Å². The Hall–Kier alpha value is -4.68. The SMILES string of the molecule is O=C(CS)OCOC(=O)CS.O=C(CSc1ccc([N+](=O)[O-])cc1[N+](=O)[O-])OCOC(=O)CSc1ccc([N+](=O)[O-])cc1[N+](=O)[O-]. The number of thiol groups is 2. The van der Waals surface area contributed by atoms with E-state index in [2.05, 4.69) is 44.2 Å². The van der Waals surface area contributed by atoms with Crippen LogP contribution in [0.15, 0.2) is 46.2 Å². The van der Waals surface area contributed by atoms with Crippen molar-refractivity contribution in [2.24, 2.45) is 0 Å². The normalized spacial score (nSPS) is 9.96. The largest absolute Gasteiger partial charge is 0.427 e. The van der Waals surface area contributed by atoms with Gasteiger partial charge in [0.15, 0.2) is 0 Å². The number of carbonyl (C=O) groups is 4. The summed E-state index contributed by atoms with van der Waals surface area (Å²) in [6, 6.07) is 5.81. The van der Waals surface area contributed by atoms with Gasteiger partial charge in [0.25, 0.3) is 22.7 Å². The van der Waals surface area contributed by atoms with Crippen molar-refractivity contribution in [3.63, 3.8) is 0 Å². The first-order valence-electron chi connectivity index (χ1n) is 11.7. The number of nitro benzene ring substituents is 4. The van der Waals surface area contributed by atoms with E-state index in [0.29, 0.717) is 23.5 Å². The molecule has 0 bridgehead atoms. The van der Waals surface area contributed by atoms with Gasteiger partial charge in [0.05, 0.1) is 64.6 Å². The van der Waals surface area contributed by atoms with Crippen LogP contribution in [0, 0.1) is 40.5 Å². The zero-order chi connectivity index (χ0) is 34.8. The summed E-state index contributed by atoms with van der Waals surface area (Å²) in [7, 11) is 0. The fourth-order valence-corrected chi connectivity index (χ4v) is 4.33. The molecule has 248 valence electrons. The van der Waals surface area contributed by atoms with Gasteiger partial charge in [-0.05, 0) is 12.1 Å². The van der Waals surface area contributed by atoms with Crippen LogP contribution < -0.4 is 0 Å². The number of ether oxygens (including phenoxy) is 4. The van der Waals surface area contributed by atoms with Gasteiger partial charge in [-0.25, -0.2) is 0 Å². The Balaban J connectivity index is 0.000000818. The molecular weight excluding hydrogens is 705 g/mol.